The van der Waals surface area contributed by atoms with Crippen molar-refractivity contribution in [3.63, 3.8) is 0 Å². The number of aromatic nitrogens is 2. The first-order chi connectivity index (χ1) is 11.3. The van der Waals surface area contributed by atoms with Crippen LogP contribution in [0.5, 0.6) is 0 Å². The van der Waals surface area contributed by atoms with Gasteiger partial charge in [0.15, 0.2) is 0 Å². The number of nitrogens with one attached hydrogen (secondary N) is 1. The van der Waals surface area contributed by atoms with Crippen LogP contribution in [0.1, 0.15) is 22.9 Å². The molecule has 23 heavy (non-hydrogen) atoms. The van der Waals surface area contributed by atoms with Gasteiger partial charge in [-0.25, -0.2) is 4.98 Å². The molecule has 0 saturated heterocycles. The van der Waals surface area contributed by atoms with Crippen LogP contribution in [0.15, 0.2) is 67.0 Å². The average molecular weight is 321 g/mol. The van der Waals surface area contributed by atoms with Crippen molar-refractivity contribution in [3.05, 3.63) is 88.8 Å². The highest BCUT2D eigenvalue weighted by molar-refractivity contribution is 6.30. The summed E-state index contributed by atoms with van der Waals surface area (Å²) in [5.74, 6) is 0.666. The Morgan fingerprint density at radius 1 is 1.04 bits per heavy atom. The summed E-state index contributed by atoms with van der Waals surface area (Å²) in [5, 5.41) is 12.9. The fourth-order valence-electron chi connectivity index (χ4n) is 2.25. The van der Waals surface area contributed by atoms with E-state index in [2.05, 4.69) is 21.4 Å². The lowest BCUT2D eigenvalue weighted by Gasteiger charge is -2.19. The molecule has 2 aromatic heterocycles. The van der Waals surface area contributed by atoms with E-state index in [1.54, 1.807) is 18.3 Å². The molecule has 0 radical (unpaired) electrons. The summed E-state index contributed by atoms with van der Waals surface area (Å²) in [6.45, 7) is 0. The Morgan fingerprint density at radius 3 is 2.61 bits per heavy atom. The van der Waals surface area contributed by atoms with Crippen LogP contribution in [0.4, 0.5) is 5.82 Å². The van der Waals surface area contributed by atoms with Crippen molar-refractivity contribution in [2.75, 3.05) is 5.32 Å². The molecule has 1 N–H and O–H groups in total. The second kappa shape index (κ2) is 6.91. The van der Waals surface area contributed by atoms with Gasteiger partial charge in [0.2, 0.25) is 0 Å². The van der Waals surface area contributed by atoms with E-state index in [9.17, 15) is 0 Å². The third-order valence-electron chi connectivity index (χ3n) is 3.35. The number of rotatable bonds is 4. The summed E-state index contributed by atoms with van der Waals surface area (Å²) in [6, 6.07) is 18.8. The van der Waals surface area contributed by atoms with Crippen molar-refractivity contribution in [3.8, 4) is 6.07 Å². The molecule has 0 fully saturated rings. The summed E-state index contributed by atoms with van der Waals surface area (Å²) in [5.41, 5.74) is 2.37. The third-order valence-corrected chi connectivity index (χ3v) is 3.59. The number of nitriles is 1. The van der Waals surface area contributed by atoms with Gasteiger partial charge in [0.1, 0.15) is 11.9 Å². The second-order valence-corrected chi connectivity index (χ2v) is 5.37. The number of anilines is 1. The number of halogens is 1. The van der Waals surface area contributed by atoms with Crippen molar-refractivity contribution in [2.45, 2.75) is 6.04 Å². The van der Waals surface area contributed by atoms with Crippen LogP contribution < -0.4 is 5.32 Å². The van der Waals surface area contributed by atoms with Gasteiger partial charge in [-0.3, -0.25) is 4.98 Å². The van der Waals surface area contributed by atoms with Crippen LogP contribution in [0.2, 0.25) is 5.02 Å². The third kappa shape index (κ3) is 3.65. The molecule has 3 rings (SSSR count). The zero-order chi connectivity index (χ0) is 16.1. The lowest BCUT2D eigenvalue weighted by atomic mass is 10.0. The minimum absolute atomic E-state index is 0.185. The van der Waals surface area contributed by atoms with Crippen molar-refractivity contribution in [1.29, 1.82) is 5.26 Å². The van der Waals surface area contributed by atoms with Gasteiger partial charge in [0.25, 0.3) is 0 Å². The summed E-state index contributed by atoms with van der Waals surface area (Å²) in [7, 11) is 0. The van der Waals surface area contributed by atoms with E-state index in [1.807, 2.05) is 42.5 Å². The Balaban J connectivity index is 1.96. The highest BCUT2D eigenvalue weighted by Crippen LogP contribution is 2.26. The predicted molar refractivity (Wildman–Crippen MR) is 90.1 cm³/mol. The van der Waals surface area contributed by atoms with Gasteiger partial charge in [-0.05, 0) is 42.0 Å². The first-order valence-electron chi connectivity index (χ1n) is 7.05. The molecule has 5 heteroatoms. The smallest absolute Gasteiger partial charge is 0.126 e. The van der Waals surface area contributed by atoms with Gasteiger partial charge in [-0.2, -0.15) is 5.26 Å². The summed E-state index contributed by atoms with van der Waals surface area (Å²) >= 11 is 6.12. The van der Waals surface area contributed by atoms with E-state index in [-0.39, 0.29) is 6.04 Å². The SMILES string of the molecule is N#Cc1ccc(NC(c2cccc(Cl)c2)c2ccccn2)nc1. The lowest BCUT2D eigenvalue weighted by molar-refractivity contribution is 0.878. The van der Waals surface area contributed by atoms with Crippen LogP contribution in [-0.2, 0) is 0 Å². The maximum atomic E-state index is 8.86. The van der Waals surface area contributed by atoms with Crippen LogP contribution in [0.25, 0.3) is 0 Å². The first kappa shape index (κ1) is 15.0. The van der Waals surface area contributed by atoms with Gasteiger partial charge >= 0.3 is 0 Å². The molecule has 4 nitrogen and oxygen atoms in total. The molecule has 0 bridgehead atoms. The van der Waals surface area contributed by atoms with Crippen molar-refractivity contribution >= 4 is 17.4 Å². The van der Waals surface area contributed by atoms with Crippen LogP contribution >= 0.6 is 11.6 Å². The predicted octanol–water partition coefficient (Wildman–Crippen LogP) is 4.20. The van der Waals surface area contributed by atoms with Gasteiger partial charge in [0, 0.05) is 17.4 Å². The molecular formula is C18H13ClN4. The number of hydrogen-bond acceptors (Lipinski definition) is 4. The van der Waals surface area contributed by atoms with Gasteiger partial charge < -0.3 is 5.32 Å². The van der Waals surface area contributed by atoms with E-state index in [1.165, 1.54) is 6.20 Å². The molecule has 0 aliphatic carbocycles. The average Bonchev–Trinajstić information content (AvgIpc) is 2.61. The number of hydrogen-bond donors (Lipinski definition) is 1. The molecule has 0 spiro atoms. The van der Waals surface area contributed by atoms with E-state index in [4.69, 9.17) is 16.9 Å². The fourth-order valence-corrected chi connectivity index (χ4v) is 2.45. The van der Waals surface area contributed by atoms with Crippen LogP contribution in [-0.4, -0.2) is 9.97 Å². The lowest BCUT2D eigenvalue weighted by Crippen LogP contribution is -2.14. The quantitative estimate of drug-likeness (QED) is 0.782. The Labute approximate surface area is 139 Å². The molecule has 0 amide bonds. The maximum Gasteiger partial charge on any atom is 0.126 e. The largest absolute Gasteiger partial charge is 0.358 e. The Hall–Kier alpha value is -2.90. The minimum atomic E-state index is -0.185. The molecule has 1 atom stereocenters. The first-order valence-corrected chi connectivity index (χ1v) is 7.43. The molecule has 1 aromatic carbocycles. The standard InChI is InChI=1S/C18H13ClN4/c19-15-5-3-4-14(10-15)18(16-6-1-2-9-21-16)23-17-8-7-13(11-20)12-22-17/h1-10,12,18H,(H,22,23). The molecule has 0 aliphatic rings. The second-order valence-electron chi connectivity index (χ2n) is 4.93. The molecule has 2 heterocycles. The van der Waals surface area contributed by atoms with Gasteiger partial charge in [-0.1, -0.05) is 29.8 Å². The Kier molecular flexibility index (Phi) is 4.51. The summed E-state index contributed by atoms with van der Waals surface area (Å²) in [4.78, 5) is 8.70. The van der Waals surface area contributed by atoms with E-state index in [0.29, 0.717) is 16.4 Å². The molecular weight excluding hydrogens is 308 g/mol. The Morgan fingerprint density at radius 2 is 1.96 bits per heavy atom. The van der Waals surface area contributed by atoms with Crippen LogP contribution in [0.3, 0.4) is 0 Å². The highest BCUT2D eigenvalue weighted by Gasteiger charge is 2.16. The van der Waals surface area contributed by atoms with Crippen molar-refractivity contribution in [1.82, 2.24) is 9.97 Å². The van der Waals surface area contributed by atoms with E-state index in [0.717, 1.165) is 11.3 Å². The zero-order valence-corrected chi connectivity index (χ0v) is 12.9. The molecule has 0 saturated carbocycles. The van der Waals surface area contributed by atoms with Crippen molar-refractivity contribution < 1.29 is 0 Å². The minimum Gasteiger partial charge on any atom is -0.358 e. The summed E-state index contributed by atoms with van der Waals surface area (Å²) in [6.07, 6.45) is 3.29. The molecule has 112 valence electrons. The topological polar surface area (TPSA) is 61.6 Å². The molecule has 1 unspecified atom stereocenters. The van der Waals surface area contributed by atoms with Crippen LogP contribution in [0, 0.1) is 11.3 Å². The fraction of sp³-hybridized carbons (Fsp3) is 0.0556. The zero-order valence-electron chi connectivity index (χ0n) is 12.1. The molecule has 0 aliphatic heterocycles. The Bertz CT molecular complexity index is 826. The van der Waals surface area contributed by atoms with Gasteiger partial charge in [-0.15, -0.1) is 0 Å². The van der Waals surface area contributed by atoms with E-state index < -0.39 is 0 Å². The maximum absolute atomic E-state index is 8.86. The number of pyridine rings is 2. The monoisotopic (exact) mass is 320 g/mol. The normalized spacial score (nSPS) is 11.5. The molecule has 3 aromatic rings. The highest BCUT2D eigenvalue weighted by atomic mass is 35.5. The summed E-state index contributed by atoms with van der Waals surface area (Å²) < 4.78 is 0. The number of benzene rings is 1. The number of nitrogens with zero attached hydrogens (tertiary/aromatic N) is 3. The van der Waals surface area contributed by atoms with E-state index >= 15 is 0 Å². The van der Waals surface area contributed by atoms with Gasteiger partial charge in [0.05, 0.1) is 17.3 Å². The van der Waals surface area contributed by atoms with Crippen molar-refractivity contribution in [2.24, 2.45) is 0 Å².